The molecule has 0 aromatic heterocycles. The second-order valence-electron chi connectivity index (χ2n) is 4.52. The third-order valence-electron chi connectivity index (χ3n) is 3.53. The van der Waals surface area contributed by atoms with Crippen molar-refractivity contribution in [2.24, 2.45) is 0 Å². The fourth-order valence-electron chi connectivity index (χ4n) is 1.99. The Bertz CT molecular complexity index is 562. The lowest BCUT2D eigenvalue weighted by Gasteiger charge is -2.24. The van der Waals surface area contributed by atoms with Gasteiger partial charge in [0, 0.05) is 0 Å². The van der Waals surface area contributed by atoms with Crippen molar-refractivity contribution in [3.63, 3.8) is 0 Å². The summed E-state index contributed by atoms with van der Waals surface area (Å²) in [5, 5.41) is 2.02. The second kappa shape index (κ2) is 4.50. The van der Waals surface area contributed by atoms with Crippen LogP contribution in [0.25, 0.3) is 10.8 Å². The fourth-order valence-corrected chi connectivity index (χ4v) is 2.23. The van der Waals surface area contributed by atoms with E-state index in [-0.39, 0.29) is 5.24 Å². The number of carbonyl (C=O) groups excluding carboxylic acids is 1. The Morgan fingerprint density at radius 2 is 1.82 bits per heavy atom. The number of halogens is 1. The highest BCUT2D eigenvalue weighted by Gasteiger charge is 2.31. The molecule has 2 heteroatoms. The van der Waals surface area contributed by atoms with Crippen LogP contribution >= 0.6 is 11.6 Å². The van der Waals surface area contributed by atoms with E-state index in [1.807, 2.05) is 44.2 Å². The molecule has 2 aromatic rings. The van der Waals surface area contributed by atoms with Gasteiger partial charge in [0.1, 0.15) is 0 Å². The first-order chi connectivity index (χ1) is 8.08. The molecule has 2 rings (SSSR count). The summed E-state index contributed by atoms with van der Waals surface area (Å²) in [6.45, 7) is 3.88. The summed E-state index contributed by atoms with van der Waals surface area (Å²) >= 11 is 5.73. The predicted molar refractivity (Wildman–Crippen MR) is 72.5 cm³/mol. The zero-order chi connectivity index (χ0) is 12.5. The number of fused-ring (bicyclic) bond motifs is 1. The van der Waals surface area contributed by atoms with Crippen LogP contribution in [-0.4, -0.2) is 5.24 Å². The standard InChI is InChI=1S/C15H15ClO/c1-3-15(2,14(16)17)13-9-8-11-6-4-5-7-12(11)10-13/h4-10H,3H2,1-2H3. The highest BCUT2D eigenvalue weighted by molar-refractivity contribution is 6.65. The second-order valence-corrected chi connectivity index (χ2v) is 4.86. The highest BCUT2D eigenvalue weighted by Crippen LogP contribution is 2.32. The summed E-state index contributed by atoms with van der Waals surface area (Å²) in [5.74, 6) is 0. The molecule has 88 valence electrons. The van der Waals surface area contributed by atoms with E-state index in [2.05, 4.69) is 12.1 Å². The van der Waals surface area contributed by atoms with Crippen molar-refractivity contribution in [1.29, 1.82) is 0 Å². The van der Waals surface area contributed by atoms with Crippen LogP contribution in [0.4, 0.5) is 0 Å². The van der Waals surface area contributed by atoms with Crippen LogP contribution in [0.15, 0.2) is 42.5 Å². The van der Waals surface area contributed by atoms with Crippen LogP contribution in [0.1, 0.15) is 25.8 Å². The lowest BCUT2D eigenvalue weighted by molar-refractivity contribution is -0.116. The van der Waals surface area contributed by atoms with Crippen LogP contribution in [0.3, 0.4) is 0 Å². The number of hydrogen-bond acceptors (Lipinski definition) is 1. The van der Waals surface area contributed by atoms with Gasteiger partial charge in [0.2, 0.25) is 5.24 Å². The van der Waals surface area contributed by atoms with E-state index >= 15 is 0 Å². The van der Waals surface area contributed by atoms with Gasteiger partial charge in [0.05, 0.1) is 5.41 Å². The Balaban J connectivity index is 2.59. The van der Waals surface area contributed by atoms with Crippen molar-refractivity contribution in [2.75, 3.05) is 0 Å². The fraction of sp³-hybridized carbons (Fsp3) is 0.267. The topological polar surface area (TPSA) is 17.1 Å². The van der Waals surface area contributed by atoms with E-state index in [4.69, 9.17) is 11.6 Å². The van der Waals surface area contributed by atoms with E-state index in [9.17, 15) is 4.79 Å². The largest absolute Gasteiger partial charge is 0.280 e. The molecule has 1 atom stereocenters. The van der Waals surface area contributed by atoms with Gasteiger partial charge in [0.15, 0.2) is 0 Å². The van der Waals surface area contributed by atoms with Gasteiger partial charge in [-0.05, 0) is 41.3 Å². The third kappa shape index (κ3) is 2.07. The first-order valence-corrected chi connectivity index (χ1v) is 6.15. The SMILES string of the molecule is CCC(C)(C(=O)Cl)c1ccc2ccccc2c1. The summed E-state index contributed by atoms with van der Waals surface area (Å²) < 4.78 is 0. The van der Waals surface area contributed by atoms with Crippen molar-refractivity contribution in [3.8, 4) is 0 Å². The summed E-state index contributed by atoms with van der Waals surface area (Å²) in [6.07, 6.45) is 0.702. The minimum absolute atomic E-state index is 0.296. The summed E-state index contributed by atoms with van der Waals surface area (Å²) in [6, 6.07) is 14.2. The maximum atomic E-state index is 11.6. The van der Waals surface area contributed by atoms with E-state index in [0.29, 0.717) is 6.42 Å². The van der Waals surface area contributed by atoms with Crippen molar-refractivity contribution in [1.82, 2.24) is 0 Å². The molecular formula is C15H15ClO. The average molecular weight is 247 g/mol. The minimum Gasteiger partial charge on any atom is -0.280 e. The lowest BCUT2D eigenvalue weighted by Crippen LogP contribution is -2.28. The number of benzene rings is 2. The van der Waals surface area contributed by atoms with Gasteiger partial charge in [-0.1, -0.05) is 49.4 Å². The molecule has 0 spiro atoms. The Morgan fingerprint density at radius 3 is 2.41 bits per heavy atom. The molecule has 0 aliphatic rings. The van der Waals surface area contributed by atoms with Gasteiger partial charge in [-0.25, -0.2) is 0 Å². The Hall–Kier alpha value is -1.34. The molecule has 17 heavy (non-hydrogen) atoms. The molecule has 0 aliphatic carbocycles. The molecule has 1 unspecified atom stereocenters. The Labute approximate surface area is 106 Å². The van der Waals surface area contributed by atoms with E-state index in [1.54, 1.807) is 0 Å². The molecule has 0 aliphatic heterocycles. The summed E-state index contributed by atoms with van der Waals surface area (Å²) in [5.41, 5.74) is 0.393. The Morgan fingerprint density at radius 1 is 1.18 bits per heavy atom. The van der Waals surface area contributed by atoms with E-state index in [0.717, 1.165) is 10.9 Å². The van der Waals surface area contributed by atoms with Gasteiger partial charge >= 0.3 is 0 Å². The Kier molecular flexibility index (Phi) is 3.21. The molecule has 2 aromatic carbocycles. The normalized spacial score (nSPS) is 14.5. The first-order valence-electron chi connectivity index (χ1n) is 5.77. The molecule has 1 nitrogen and oxygen atoms in total. The van der Waals surface area contributed by atoms with Gasteiger partial charge < -0.3 is 0 Å². The third-order valence-corrected chi connectivity index (χ3v) is 3.94. The zero-order valence-electron chi connectivity index (χ0n) is 10.0. The maximum Gasteiger partial charge on any atom is 0.231 e. The quantitative estimate of drug-likeness (QED) is 0.739. The van der Waals surface area contributed by atoms with Crippen LogP contribution in [0.5, 0.6) is 0 Å². The molecule has 0 bridgehead atoms. The van der Waals surface area contributed by atoms with Crippen molar-refractivity contribution >= 4 is 27.6 Å². The summed E-state index contributed by atoms with van der Waals surface area (Å²) in [4.78, 5) is 11.6. The molecule has 0 heterocycles. The van der Waals surface area contributed by atoms with Crippen molar-refractivity contribution in [2.45, 2.75) is 25.7 Å². The van der Waals surface area contributed by atoms with Crippen molar-refractivity contribution < 1.29 is 4.79 Å². The van der Waals surface area contributed by atoms with Gasteiger partial charge in [-0.3, -0.25) is 4.79 Å². The van der Waals surface area contributed by atoms with Crippen LogP contribution < -0.4 is 0 Å². The molecular weight excluding hydrogens is 232 g/mol. The van der Waals surface area contributed by atoms with Crippen LogP contribution in [0.2, 0.25) is 0 Å². The van der Waals surface area contributed by atoms with Crippen molar-refractivity contribution in [3.05, 3.63) is 48.0 Å². The van der Waals surface area contributed by atoms with Crippen LogP contribution in [0, 0.1) is 0 Å². The molecule has 0 radical (unpaired) electrons. The summed E-state index contributed by atoms with van der Waals surface area (Å²) in [7, 11) is 0. The lowest BCUT2D eigenvalue weighted by atomic mass is 9.80. The zero-order valence-corrected chi connectivity index (χ0v) is 10.8. The van der Waals surface area contributed by atoms with Gasteiger partial charge in [0.25, 0.3) is 0 Å². The average Bonchev–Trinajstić information content (AvgIpc) is 2.37. The smallest absolute Gasteiger partial charge is 0.231 e. The molecule has 0 amide bonds. The minimum atomic E-state index is -0.592. The van der Waals surface area contributed by atoms with Gasteiger partial charge in [-0.15, -0.1) is 0 Å². The number of rotatable bonds is 3. The molecule has 0 saturated carbocycles. The van der Waals surface area contributed by atoms with Crippen LogP contribution in [-0.2, 0) is 10.2 Å². The molecule has 0 N–H and O–H groups in total. The molecule has 0 fully saturated rings. The highest BCUT2D eigenvalue weighted by atomic mass is 35.5. The van der Waals surface area contributed by atoms with Gasteiger partial charge in [-0.2, -0.15) is 0 Å². The number of hydrogen-bond donors (Lipinski definition) is 0. The monoisotopic (exact) mass is 246 g/mol. The predicted octanol–water partition coefficient (Wildman–Crippen LogP) is 4.27. The van der Waals surface area contributed by atoms with E-state index < -0.39 is 5.41 Å². The number of carbonyl (C=O) groups is 1. The maximum absolute atomic E-state index is 11.6. The first kappa shape index (κ1) is 12.1. The molecule has 0 saturated heterocycles. The van der Waals surface area contributed by atoms with E-state index in [1.165, 1.54) is 5.39 Å².